The SMILES string of the molecule is CNC(CCC(C)OC)c1cccc(Cl)c1Cl. The average Bonchev–Trinajstić information content (AvgIpc) is 2.34. The first kappa shape index (κ1) is 14.8. The summed E-state index contributed by atoms with van der Waals surface area (Å²) in [5.41, 5.74) is 1.05. The number of rotatable bonds is 6. The van der Waals surface area contributed by atoms with Gasteiger partial charge in [-0.05, 0) is 38.4 Å². The average molecular weight is 276 g/mol. The molecule has 0 aliphatic carbocycles. The van der Waals surface area contributed by atoms with Gasteiger partial charge in [-0.15, -0.1) is 0 Å². The van der Waals surface area contributed by atoms with Crippen LogP contribution in [0.5, 0.6) is 0 Å². The van der Waals surface area contributed by atoms with E-state index in [1.807, 2.05) is 19.2 Å². The molecule has 0 bridgehead atoms. The molecular weight excluding hydrogens is 257 g/mol. The van der Waals surface area contributed by atoms with Crippen molar-refractivity contribution in [1.82, 2.24) is 5.32 Å². The van der Waals surface area contributed by atoms with E-state index < -0.39 is 0 Å². The highest BCUT2D eigenvalue weighted by molar-refractivity contribution is 6.42. The Balaban J connectivity index is 2.76. The number of benzene rings is 1. The van der Waals surface area contributed by atoms with E-state index >= 15 is 0 Å². The predicted molar refractivity (Wildman–Crippen MR) is 74.0 cm³/mol. The molecule has 4 heteroatoms. The number of ether oxygens (including phenoxy) is 1. The minimum atomic E-state index is 0.207. The quantitative estimate of drug-likeness (QED) is 0.845. The van der Waals surface area contributed by atoms with Crippen molar-refractivity contribution in [3.05, 3.63) is 33.8 Å². The van der Waals surface area contributed by atoms with Crippen LogP contribution in [-0.2, 0) is 4.74 Å². The van der Waals surface area contributed by atoms with Crippen LogP contribution >= 0.6 is 23.2 Å². The highest BCUT2D eigenvalue weighted by Gasteiger charge is 2.15. The first-order chi connectivity index (χ1) is 8.10. The van der Waals surface area contributed by atoms with Crippen molar-refractivity contribution in [2.45, 2.75) is 31.9 Å². The topological polar surface area (TPSA) is 21.3 Å². The zero-order chi connectivity index (χ0) is 12.8. The van der Waals surface area contributed by atoms with Crippen molar-refractivity contribution in [3.8, 4) is 0 Å². The van der Waals surface area contributed by atoms with Gasteiger partial charge >= 0.3 is 0 Å². The van der Waals surface area contributed by atoms with Crippen molar-refractivity contribution < 1.29 is 4.74 Å². The summed E-state index contributed by atoms with van der Waals surface area (Å²) in [5.74, 6) is 0. The molecule has 0 saturated carbocycles. The second-order valence-electron chi connectivity index (χ2n) is 4.11. The molecule has 0 heterocycles. The minimum absolute atomic E-state index is 0.207. The van der Waals surface area contributed by atoms with Gasteiger partial charge in [-0.25, -0.2) is 0 Å². The molecular formula is C13H19Cl2NO. The van der Waals surface area contributed by atoms with Crippen LogP contribution < -0.4 is 5.32 Å². The Labute approximate surface area is 113 Å². The fraction of sp³-hybridized carbons (Fsp3) is 0.538. The molecule has 0 amide bonds. The number of methoxy groups -OCH3 is 1. The zero-order valence-electron chi connectivity index (χ0n) is 10.5. The molecule has 0 aromatic heterocycles. The summed E-state index contributed by atoms with van der Waals surface area (Å²) < 4.78 is 5.25. The van der Waals surface area contributed by atoms with Crippen molar-refractivity contribution in [3.63, 3.8) is 0 Å². The number of halogens is 2. The van der Waals surface area contributed by atoms with Crippen LogP contribution in [0.4, 0.5) is 0 Å². The Hall–Kier alpha value is -0.280. The van der Waals surface area contributed by atoms with Crippen LogP contribution in [0.3, 0.4) is 0 Å². The van der Waals surface area contributed by atoms with E-state index in [0.29, 0.717) is 10.0 Å². The molecule has 2 nitrogen and oxygen atoms in total. The van der Waals surface area contributed by atoms with Crippen LogP contribution in [0, 0.1) is 0 Å². The van der Waals surface area contributed by atoms with Gasteiger partial charge in [0.2, 0.25) is 0 Å². The number of hydrogen-bond donors (Lipinski definition) is 1. The largest absolute Gasteiger partial charge is 0.382 e. The van der Waals surface area contributed by atoms with Gasteiger partial charge in [0.25, 0.3) is 0 Å². The molecule has 0 radical (unpaired) electrons. The van der Waals surface area contributed by atoms with E-state index in [-0.39, 0.29) is 12.1 Å². The molecule has 2 unspecified atom stereocenters. The normalized spacial score (nSPS) is 14.6. The summed E-state index contributed by atoms with van der Waals surface area (Å²) >= 11 is 12.2. The van der Waals surface area contributed by atoms with Crippen molar-refractivity contribution in [2.24, 2.45) is 0 Å². The van der Waals surface area contributed by atoms with Gasteiger partial charge in [0.1, 0.15) is 0 Å². The molecule has 2 atom stereocenters. The molecule has 0 saturated heterocycles. The predicted octanol–water partition coefficient (Wildman–Crippen LogP) is 4.07. The number of hydrogen-bond acceptors (Lipinski definition) is 2. The Morgan fingerprint density at radius 3 is 2.59 bits per heavy atom. The second kappa shape index (κ2) is 7.22. The Kier molecular flexibility index (Phi) is 6.28. The highest BCUT2D eigenvalue weighted by Crippen LogP contribution is 2.31. The van der Waals surface area contributed by atoms with Gasteiger partial charge in [-0.1, -0.05) is 35.3 Å². The molecule has 0 fully saturated rings. The lowest BCUT2D eigenvalue weighted by Crippen LogP contribution is -2.19. The third kappa shape index (κ3) is 4.14. The van der Waals surface area contributed by atoms with Gasteiger partial charge < -0.3 is 10.1 Å². The van der Waals surface area contributed by atoms with E-state index in [4.69, 9.17) is 27.9 Å². The fourth-order valence-corrected chi connectivity index (χ4v) is 2.20. The van der Waals surface area contributed by atoms with E-state index in [2.05, 4.69) is 12.2 Å². The van der Waals surface area contributed by atoms with Crippen molar-refractivity contribution in [1.29, 1.82) is 0 Å². The lowest BCUT2D eigenvalue weighted by Gasteiger charge is -2.20. The molecule has 1 aromatic carbocycles. The van der Waals surface area contributed by atoms with Crippen LogP contribution in [0.2, 0.25) is 10.0 Å². The molecule has 0 aliphatic heterocycles. The maximum absolute atomic E-state index is 6.21. The van der Waals surface area contributed by atoms with Crippen LogP contribution in [0.1, 0.15) is 31.4 Å². The Morgan fingerprint density at radius 1 is 1.29 bits per heavy atom. The van der Waals surface area contributed by atoms with Gasteiger partial charge in [0.15, 0.2) is 0 Å². The van der Waals surface area contributed by atoms with Crippen molar-refractivity contribution in [2.75, 3.05) is 14.2 Å². The summed E-state index contributed by atoms with van der Waals surface area (Å²) in [7, 11) is 3.66. The lowest BCUT2D eigenvalue weighted by atomic mass is 10.0. The lowest BCUT2D eigenvalue weighted by molar-refractivity contribution is 0.106. The molecule has 96 valence electrons. The number of nitrogens with one attached hydrogen (secondary N) is 1. The van der Waals surface area contributed by atoms with Crippen LogP contribution in [0.25, 0.3) is 0 Å². The fourth-order valence-electron chi connectivity index (χ4n) is 1.76. The Bertz CT molecular complexity index is 357. The third-order valence-corrected chi connectivity index (χ3v) is 3.80. The molecule has 1 N–H and O–H groups in total. The smallest absolute Gasteiger partial charge is 0.0640 e. The van der Waals surface area contributed by atoms with Crippen molar-refractivity contribution >= 4 is 23.2 Å². The van der Waals surface area contributed by atoms with Gasteiger partial charge in [-0.3, -0.25) is 0 Å². The van der Waals surface area contributed by atoms with E-state index in [1.54, 1.807) is 13.2 Å². The van der Waals surface area contributed by atoms with Gasteiger partial charge in [0.05, 0.1) is 16.1 Å². The van der Waals surface area contributed by atoms with E-state index in [0.717, 1.165) is 18.4 Å². The molecule has 0 spiro atoms. The molecule has 17 heavy (non-hydrogen) atoms. The first-order valence-electron chi connectivity index (χ1n) is 5.74. The van der Waals surface area contributed by atoms with Crippen LogP contribution in [-0.4, -0.2) is 20.3 Å². The van der Waals surface area contributed by atoms with Gasteiger partial charge in [-0.2, -0.15) is 0 Å². The monoisotopic (exact) mass is 275 g/mol. The second-order valence-corrected chi connectivity index (χ2v) is 4.89. The maximum atomic E-state index is 6.21. The zero-order valence-corrected chi connectivity index (χ0v) is 12.0. The highest BCUT2D eigenvalue weighted by atomic mass is 35.5. The van der Waals surface area contributed by atoms with E-state index in [9.17, 15) is 0 Å². The first-order valence-corrected chi connectivity index (χ1v) is 6.49. The van der Waals surface area contributed by atoms with Gasteiger partial charge in [0, 0.05) is 13.2 Å². The minimum Gasteiger partial charge on any atom is -0.382 e. The molecule has 1 aromatic rings. The van der Waals surface area contributed by atoms with Crippen LogP contribution in [0.15, 0.2) is 18.2 Å². The summed E-state index contributed by atoms with van der Waals surface area (Å²) in [5, 5.41) is 4.51. The Morgan fingerprint density at radius 2 is 2.00 bits per heavy atom. The summed E-state index contributed by atoms with van der Waals surface area (Å²) in [4.78, 5) is 0. The molecule has 1 rings (SSSR count). The maximum Gasteiger partial charge on any atom is 0.0640 e. The summed E-state index contributed by atoms with van der Waals surface area (Å²) in [6.07, 6.45) is 2.19. The standard InChI is InChI=1S/C13H19Cl2NO/c1-9(17-3)7-8-12(16-2)10-5-4-6-11(14)13(10)15/h4-6,9,12,16H,7-8H2,1-3H3. The third-order valence-electron chi connectivity index (χ3n) is 2.97. The molecule has 0 aliphatic rings. The summed E-state index contributed by atoms with van der Waals surface area (Å²) in [6.45, 7) is 2.06. The van der Waals surface area contributed by atoms with E-state index in [1.165, 1.54) is 0 Å². The summed E-state index contributed by atoms with van der Waals surface area (Å²) in [6, 6.07) is 5.94.